The minimum atomic E-state index is -0.233. The van der Waals surface area contributed by atoms with Gasteiger partial charge in [0.1, 0.15) is 11.9 Å². The van der Waals surface area contributed by atoms with Crippen LogP contribution in [0.3, 0.4) is 0 Å². The second-order valence-corrected chi connectivity index (χ2v) is 9.50. The molecular weight excluding hydrogens is 303 g/mol. The first-order valence-electron chi connectivity index (χ1n) is 9.87. The highest BCUT2D eigenvalue weighted by molar-refractivity contribution is 5.79. The molecule has 4 rings (SSSR count). The molecule has 3 fully saturated rings. The van der Waals surface area contributed by atoms with Crippen molar-refractivity contribution in [2.24, 2.45) is 34.5 Å². The minimum absolute atomic E-state index is 0.216. The Bertz CT molecular complexity index is 570. The van der Waals surface area contributed by atoms with Gasteiger partial charge in [0.15, 0.2) is 0 Å². The summed E-state index contributed by atoms with van der Waals surface area (Å²) in [5, 5.41) is 0. The molecule has 0 aliphatic heterocycles. The average Bonchev–Trinajstić information content (AvgIpc) is 2.91. The zero-order valence-corrected chi connectivity index (χ0v) is 15.3. The van der Waals surface area contributed by atoms with E-state index < -0.39 is 0 Å². The summed E-state index contributed by atoms with van der Waals surface area (Å²) in [4.78, 5) is 16.3. The SMILES string of the molecule is CC(=O)[C@H]1CCC2C3CC=C4C[C@@H](OF)CC[C@]4(C)C3CC[C@@]21C. The Hall–Kier alpha value is -0.700. The van der Waals surface area contributed by atoms with E-state index in [9.17, 15) is 9.32 Å². The second kappa shape index (κ2) is 5.65. The number of hydrogen-bond donors (Lipinski definition) is 0. The number of hydrogen-bond acceptors (Lipinski definition) is 2. The predicted molar refractivity (Wildman–Crippen MR) is 91.9 cm³/mol. The van der Waals surface area contributed by atoms with Gasteiger partial charge in [-0.3, -0.25) is 4.79 Å². The maximum Gasteiger partial charge on any atom is 0.133 e. The molecule has 0 bridgehead atoms. The van der Waals surface area contributed by atoms with Gasteiger partial charge < -0.3 is 0 Å². The number of halogens is 1. The van der Waals surface area contributed by atoms with Crippen LogP contribution in [0, 0.1) is 34.5 Å². The highest BCUT2D eigenvalue weighted by Crippen LogP contribution is 2.66. The number of carbonyl (C=O) groups is 1. The third kappa shape index (κ3) is 2.19. The number of carbonyl (C=O) groups excluding carboxylic acids is 1. The highest BCUT2D eigenvalue weighted by Gasteiger charge is 2.59. The molecule has 0 amide bonds. The molecule has 3 unspecified atom stereocenters. The van der Waals surface area contributed by atoms with Crippen molar-refractivity contribution < 1.29 is 14.3 Å². The van der Waals surface area contributed by atoms with Crippen molar-refractivity contribution >= 4 is 5.78 Å². The van der Waals surface area contributed by atoms with E-state index in [1.807, 2.05) is 0 Å². The maximum absolute atomic E-state index is 12.7. The Morgan fingerprint density at radius 3 is 2.67 bits per heavy atom. The Morgan fingerprint density at radius 1 is 1.17 bits per heavy atom. The van der Waals surface area contributed by atoms with E-state index in [-0.39, 0.29) is 22.9 Å². The van der Waals surface area contributed by atoms with Gasteiger partial charge in [0.05, 0.1) is 0 Å². The monoisotopic (exact) mass is 334 g/mol. The molecule has 0 saturated heterocycles. The van der Waals surface area contributed by atoms with Crippen LogP contribution in [-0.4, -0.2) is 11.9 Å². The fourth-order valence-corrected chi connectivity index (χ4v) is 7.37. The third-order valence-electron chi connectivity index (χ3n) is 8.68. The van der Waals surface area contributed by atoms with Crippen LogP contribution in [0.25, 0.3) is 0 Å². The normalized spacial score (nSPS) is 50.5. The first-order chi connectivity index (χ1) is 11.4. The van der Waals surface area contributed by atoms with Crippen molar-refractivity contribution in [3.63, 3.8) is 0 Å². The Balaban J connectivity index is 1.63. The zero-order valence-electron chi connectivity index (χ0n) is 15.3. The lowest BCUT2D eigenvalue weighted by molar-refractivity contribution is -0.190. The molecule has 4 aliphatic rings. The van der Waals surface area contributed by atoms with Gasteiger partial charge in [0, 0.05) is 5.92 Å². The van der Waals surface area contributed by atoms with Crippen molar-refractivity contribution in [2.45, 2.75) is 78.2 Å². The minimum Gasteiger partial charge on any atom is -0.300 e. The molecular formula is C21H31FO2. The summed E-state index contributed by atoms with van der Waals surface area (Å²) in [6.07, 6.45) is 10.7. The van der Waals surface area contributed by atoms with Gasteiger partial charge in [-0.05, 0) is 91.4 Å². The van der Waals surface area contributed by atoms with Crippen LogP contribution in [-0.2, 0) is 9.74 Å². The van der Waals surface area contributed by atoms with Crippen molar-refractivity contribution in [3.8, 4) is 0 Å². The summed E-state index contributed by atoms with van der Waals surface area (Å²) in [5.41, 5.74) is 1.89. The van der Waals surface area contributed by atoms with E-state index in [4.69, 9.17) is 0 Å². The van der Waals surface area contributed by atoms with Crippen molar-refractivity contribution in [2.75, 3.05) is 0 Å². The van der Waals surface area contributed by atoms with Crippen LogP contribution in [0.4, 0.5) is 4.53 Å². The van der Waals surface area contributed by atoms with E-state index in [1.54, 1.807) is 6.92 Å². The lowest BCUT2D eigenvalue weighted by Gasteiger charge is -2.57. The molecule has 0 heterocycles. The summed E-state index contributed by atoms with van der Waals surface area (Å²) in [7, 11) is 0. The molecule has 3 saturated carbocycles. The Morgan fingerprint density at radius 2 is 1.96 bits per heavy atom. The highest BCUT2D eigenvalue weighted by atomic mass is 19.3. The lowest BCUT2D eigenvalue weighted by atomic mass is 9.47. The summed E-state index contributed by atoms with van der Waals surface area (Å²) in [6, 6.07) is 0. The van der Waals surface area contributed by atoms with Crippen LogP contribution in [0.1, 0.15) is 72.1 Å². The van der Waals surface area contributed by atoms with E-state index >= 15 is 0 Å². The summed E-state index contributed by atoms with van der Waals surface area (Å²) in [6.45, 7) is 6.61. The Kier molecular flexibility index (Phi) is 3.95. The van der Waals surface area contributed by atoms with Gasteiger partial charge in [-0.25, -0.2) is 0 Å². The number of rotatable bonds is 2. The molecule has 134 valence electrons. The first-order valence-corrected chi connectivity index (χ1v) is 9.87. The summed E-state index contributed by atoms with van der Waals surface area (Å²) >= 11 is 0. The zero-order chi connectivity index (χ0) is 17.1. The van der Waals surface area contributed by atoms with Crippen LogP contribution >= 0.6 is 0 Å². The summed E-state index contributed by atoms with van der Waals surface area (Å²) in [5.74, 6) is 2.79. The molecule has 0 N–H and O–H groups in total. The molecule has 0 aromatic carbocycles. The van der Waals surface area contributed by atoms with Crippen LogP contribution in [0.15, 0.2) is 11.6 Å². The topological polar surface area (TPSA) is 26.3 Å². The second-order valence-electron chi connectivity index (χ2n) is 9.50. The number of allylic oxidation sites excluding steroid dienone is 1. The van der Waals surface area contributed by atoms with Gasteiger partial charge in [0.25, 0.3) is 0 Å². The number of ketones is 1. The molecule has 0 aromatic heterocycles. The molecule has 24 heavy (non-hydrogen) atoms. The van der Waals surface area contributed by atoms with Gasteiger partial charge >= 0.3 is 0 Å². The maximum atomic E-state index is 12.7. The van der Waals surface area contributed by atoms with E-state index in [0.717, 1.165) is 32.1 Å². The lowest BCUT2D eigenvalue weighted by Crippen LogP contribution is -2.50. The third-order valence-corrected chi connectivity index (χ3v) is 8.68. The first kappa shape index (κ1) is 16.8. The molecule has 2 nitrogen and oxygen atoms in total. The van der Waals surface area contributed by atoms with E-state index in [1.165, 1.54) is 24.8 Å². The number of Topliss-reactive ketones (excluding diaryl/α,β-unsaturated/α-hetero) is 1. The van der Waals surface area contributed by atoms with Crippen molar-refractivity contribution in [3.05, 3.63) is 11.6 Å². The predicted octanol–water partition coefficient (Wildman–Crippen LogP) is 5.42. The van der Waals surface area contributed by atoms with Gasteiger partial charge in [-0.1, -0.05) is 25.5 Å². The van der Waals surface area contributed by atoms with Crippen LogP contribution in [0.5, 0.6) is 0 Å². The van der Waals surface area contributed by atoms with Gasteiger partial charge in [-0.15, -0.1) is 0 Å². The molecule has 7 atom stereocenters. The fraction of sp³-hybridized carbons (Fsp3) is 0.857. The molecule has 0 spiro atoms. The largest absolute Gasteiger partial charge is 0.300 e. The van der Waals surface area contributed by atoms with Gasteiger partial charge in [0.2, 0.25) is 0 Å². The molecule has 4 aliphatic carbocycles. The van der Waals surface area contributed by atoms with Crippen molar-refractivity contribution in [1.29, 1.82) is 0 Å². The van der Waals surface area contributed by atoms with Crippen molar-refractivity contribution in [1.82, 2.24) is 0 Å². The van der Waals surface area contributed by atoms with Crippen LogP contribution in [0.2, 0.25) is 0 Å². The van der Waals surface area contributed by atoms with E-state index in [2.05, 4.69) is 24.9 Å². The van der Waals surface area contributed by atoms with Crippen LogP contribution < -0.4 is 0 Å². The summed E-state index contributed by atoms with van der Waals surface area (Å²) < 4.78 is 12.7. The number of fused-ring (bicyclic) bond motifs is 5. The van der Waals surface area contributed by atoms with Gasteiger partial charge in [-0.2, -0.15) is 4.94 Å². The standard InChI is InChI=1S/C21H31FO2/c1-13(23)17-6-7-18-16-5-4-14-12-15(24-22)8-10-20(14,2)19(16)9-11-21(17,18)3/h4,15-19H,5-12H2,1-3H3/t15-,16?,17+,18?,19?,20-,21+/m0/s1. The quantitative estimate of drug-likeness (QED) is 0.630. The Labute approximate surface area is 145 Å². The molecule has 3 heteroatoms. The van der Waals surface area contributed by atoms with E-state index in [0.29, 0.717) is 23.5 Å². The molecule has 0 radical (unpaired) electrons. The molecule has 0 aromatic rings. The smallest absolute Gasteiger partial charge is 0.133 e. The average molecular weight is 334 g/mol. The fourth-order valence-electron chi connectivity index (χ4n) is 7.37.